The first-order chi connectivity index (χ1) is 8.21. The third-order valence-electron chi connectivity index (χ3n) is 1.91. The van der Waals surface area contributed by atoms with E-state index in [-0.39, 0.29) is 0 Å². The van der Waals surface area contributed by atoms with Gasteiger partial charge in [-0.3, -0.25) is 0 Å². The number of nitrogens with zero attached hydrogens (tertiary/aromatic N) is 2. The highest BCUT2D eigenvalue weighted by Gasteiger charge is 2.07. The minimum absolute atomic E-state index is 0.682. The molecule has 90 valence electrons. The summed E-state index contributed by atoms with van der Waals surface area (Å²) in [6, 6.07) is 5.62. The van der Waals surface area contributed by atoms with Crippen molar-refractivity contribution in [3.63, 3.8) is 0 Å². The summed E-state index contributed by atoms with van der Waals surface area (Å²) >= 11 is 4.70. The number of hydrogen-bond acceptors (Lipinski definition) is 7. The van der Waals surface area contributed by atoms with Crippen molar-refractivity contribution in [3.8, 4) is 5.75 Å². The molecule has 2 aromatic rings. The second-order valence-electron chi connectivity index (χ2n) is 3.08. The van der Waals surface area contributed by atoms with E-state index < -0.39 is 0 Å². The molecular formula is C10H11N3OS3. The molecule has 0 aliphatic rings. The maximum Gasteiger partial charge on any atom is 0.179 e. The van der Waals surface area contributed by atoms with E-state index in [0.29, 0.717) is 5.69 Å². The summed E-state index contributed by atoms with van der Waals surface area (Å²) in [6.45, 7) is 0. The predicted octanol–water partition coefficient (Wildman–Crippen LogP) is 3.00. The first kappa shape index (κ1) is 12.5. The highest BCUT2D eigenvalue weighted by molar-refractivity contribution is 8.03. The van der Waals surface area contributed by atoms with Crippen LogP contribution in [0.1, 0.15) is 0 Å². The van der Waals surface area contributed by atoms with Crippen LogP contribution < -0.4 is 10.5 Å². The zero-order valence-corrected chi connectivity index (χ0v) is 11.8. The lowest BCUT2D eigenvalue weighted by molar-refractivity contribution is 0.414. The van der Waals surface area contributed by atoms with Gasteiger partial charge >= 0.3 is 0 Å². The van der Waals surface area contributed by atoms with Crippen LogP contribution in [-0.4, -0.2) is 23.6 Å². The van der Waals surface area contributed by atoms with Crippen molar-refractivity contribution in [2.45, 2.75) is 13.6 Å². The Bertz CT molecular complexity index is 515. The molecule has 2 N–H and O–H groups in total. The quantitative estimate of drug-likeness (QED) is 0.688. The van der Waals surface area contributed by atoms with Crippen LogP contribution in [0.15, 0.2) is 31.8 Å². The molecule has 0 unspecified atom stereocenters. The van der Waals surface area contributed by atoms with Crippen molar-refractivity contribution >= 4 is 40.5 Å². The second kappa shape index (κ2) is 5.61. The number of rotatable bonds is 4. The molecule has 0 fully saturated rings. The Hall–Kier alpha value is -0.920. The summed E-state index contributed by atoms with van der Waals surface area (Å²) in [6.07, 6.45) is 1.98. The molecule has 1 aromatic heterocycles. The lowest BCUT2D eigenvalue weighted by atomic mass is 10.3. The molecule has 0 amide bonds. The summed E-state index contributed by atoms with van der Waals surface area (Å²) < 4.78 is 7.04. The Labute approximate surface area is 112 Å². The summed E-state index contributed by atoms with van der Waals surface area (Å²) in [7, 11) is 1.62. The number of ether oxygens (including phenoxy) is 1. The number of nitrogens with two attached hydrogens (primary N) is 1. The van der Waals surface area contributed by atoms with Crippen LogP contribution in [0.2, 0.25) is 0 Å². The SMILES string of the molecule is COc1cc(N)cc(Sc2nnc(SC)s2)c1. The van der Waals surface area contributed by atoms with Gasteiger partial charge in [-0.15, -0.1) is 10.2 Å². The molecular weight excluding hydrogens is 274 g/mol. The smallest absolute Gasteiger partial charge is 0.179 e. The van der Waals surface area contributed by atoms with Crippen LogP contribution in [-0.2, 0) is 0 Å². The summed E-state index contributed by atoms with van der Waals surface area (Å²) in [5.41, 5.74) is 6.47. The monoisotopic (exact) mass is 285 g/mol. The zero-order chi connectivity index (χ0) is 12.3. The fraction of sp³-hybridized carbons (Fsp3) is 0.200. The molecule has 7 heteroatoms. The van der Waals surface area contributed by atoms with Crippen LogP contribution in [0.5, 0.6) is 5.75 Å². The van der Waals surface area contributed by atoms with Crippen LogP contribution >= 0.6 is 34.9 Å². The molecule has 17 heavy (non-hydrogen) atoms. The van der Waals surface area contributed by atoms with Gasteiger partial charge in [-0.2, -0.15) is 0 Å². The summed E-state index contributed by atoms with van der Waals surface area (Å²) in [5.74, 6) is 0.752. The van der Waals surface area contributed by atoms with E-state index in [1.54, 1.807) is 36.3 Å². The normalized spacial score (nSPS) is 10.5. The molecule has 0 bridgehead atoms. The zero-order valence-electron chi connectivity index (χ0n) is 9.34. The van der Waals surface area contributed by atoms with Gasteiger partial charge in [0.25, 0.3) is 0 Å². The third-order valence-corrected chi connectivity index (χ3v) is 4.83. The van der Waals surface area contributed by atoms with E-state index >= 15 is 0 Å². The first-order valence-electron chi connectivity index (χ1n) is 4.71. The highest BCUT2D eigenvalue weighted by Crippen LogP contribution is 2.35. The van der Waals surface area contributed by atoms with Crippen LogP contribution in [0.3, 0.4) is 0 Å². The first-order valence-corrected chi connectivity index (χ1v) is 7.57. The largest absolute Gasteiger partial charge is 0.497 e. The number of nitrogen functional groups attached to an aromatic ring is 1. The predicted molar refractivity (Wildman–Crippen MR) is 73.2 cm³/mol. The molecule has 1 heterocycles. The fourth-order valence-corrected chi connectivity index (χ4v) is 3.70. The van der Waals surface area contributed by atoms with Crippen molar-refractivity contribution in [1.29, 1.82) is 0 Å². The minimum atomic E-state index is 0.682. The molecule has 0 aliphatic carbocycles. The Morgan fingerprint density at radius 3 is 2.65 bits per heavy atom. The van der Waals surface area contributed by atoms with Gasteiger partial charge in [-0.25, -0.2) is 0 Å². The van der Waals surface area contributed by atoms with Crippen LogP contribution in [0.25, 0.3) is 0 Å². The summed E-state index contributed by atoms with van der Waals surface area (Å²) in [5, 5.41) is 8.14. The van der Waals surface area contributed by atoms with E-state index in [2.05, 4.69) is 10.2 Å². The van der Waals surface area contributed by atoms with Gasteiger partial charge in [0, 0.05) is 16.6 Å². The van der Waals surface area contributed by atoms with Gasteiger partial charge in [-0.1, -0.05) is 34.9 Å². The fourth-order valence-electron chi connectivity index (χ4n) is 1.19. The lowest BCUT2D eigenvalue weighted by Crippen LogP contribution is -1.88. The number of aromatic nitrogens is 2. The second-order valence-corrected chi connectivity index (χ2v) is 6.43. The molecule has 0 spiro atoms. The van der Waals surface area contributed by atoms with Gasteiger partial charge in [0.15, 0.2) is 8.68 Å². The number of benzene rings is 1. The Kier molecular flexibility index (Phi) is 4.14. The van der Waals surface area contributed by atoms with Gasteiger partial charge < -0.3 is 10.5 Å². The number of thioether (sulfide) groups is 1. The van der Waals surface area contributed by atoms with Crippen LogP contribution in [0.4, 0.5) is 5.69 Å². The van der Waals surface area contributed by atoms with Crippen molar-refractivity contribution in [3.05, 3.63) is 18.2 Å². The van der Waals surface area contributed by atoms with E-state index in [9.17, 15) is 0 Å². The number of hydrogen-bond donors (Lipinski definition) is 1. The van der Waals surface area contributed by atoms with Crippen molar-refractivity contribution in [2.24, 2.45) is 0 Å². The van der Waals surface area contributed by atoms with Gasteiger partial charge in [0.05, 0.1) is 7.11 Å². The molecule has 0 saturated carbocycles. The average Bonchev–Trinajstić information content (AvgIpc) is 2.76. The van der Waals surface area contributed by atoms with E-state index in [4.69, 9.17) is 10.5 Å². The topological polar surface area (TPSA) is 61.0 Å². The molecule has 0 saturated heterocycles. The Morgan fingerprint density at radius 1 is 1.24 bits per heavy atom. The standard InChI is InChI=1S/C10H11N3OS3/c1-14-7-3-6(11)4-8(5-7)16-10-13-12-9(15-2)17-10/h3-5H,11H2,1-2H3. The maximum absolute atomic E-state index is 5.79. The van der Waals surface area contributed by atoms with Crippen molar-refractivity contribution < 1.29 is 4.74 Å². The molecule has 0 radical (unpaired) electrons. The minimum Gasteiger partial charge on any atom is -0.497 e. The van der Waals surface area contributed by atoms with E-state index in [0.717, 1.165) is 19.3 Å². The molecule has 1 aromatic carbocycles. The number of anilines is 1. The lowest BCUT2D eigenvalue weighted by Gasteiger charge is -2.04. The average molecular weight is 285 g/mol. The Morgan fingerprint density at radius 2 is 2.00 bits per heavy atom. The molecule has 4 nitrogen and oxygen atoms in total. The summed E-state index contributed by atoms with van der Waals surface area (Å²) in [4.78, 5) is 1.01. The van der Waals surface area contributed by atoms with Gasteiger partial charge in [0.2, 0.25) is 0 Å². The molecule has 0 aliphatic heterocycles. The van der Waals surface area contributed by atoms with E-state index in [1.807, 2.05) is 18.4 Å². The highest BCUT2D eigenvalue weighted by atomic mass is 32.2. The number of methoxy groups -OCH3 is 1. The van der Waals surface area contributed by atoms with Crippen molar-refractivity contribution in [2.75, 3.05) is 19.1 Å². The van der Waals surface area contributed by atoms with Crippen molar-refractivity contribution in [1.82, 2.24) is 10.2 Å². The maximum atomic E-state index is 5.79. The van der Waals surface area contributed by atoms with E-state index in [1.165, 1.54) is 11.8 Å². The third kappa shape index (κ3) is 3.27. The molecule has 0 atom stereocenters. The van der Waals surface area contributed by atoms with Gasteiger partial charge in [-0.05, 0) is 18.4 Å². The van der Waals surface area contributed by atoms with Gasteiger partial charge in [0.1, 0.15) is 5.75 Å². The Balaban J connectivity index is 2.20. The molecule has 2 rings (SSSR count). The van der Waals surface area contributed by atoms with Crippen LogP contribution in [0, 0.1) is 0 Å².